The van der Waals surface area contributed by atoms with Gasteiger partial charge in [0, 0.05) is 22.3 Å². The minimum Gasteiger partial charge on any atom is -0.419 e. The molecule has 4 heteroatoms. The monoisotopic (exact) mass is 332 g/mol. The minimum atomic E-state index is -0.279. The first-order valence-corrected chi connectivity index (χ1v) is 9.22. The zero-order valence-electron chi connectivity index (χ0n) is 15.3. The Labute approximate surface area is 144 Å². The van der Waals surface area contributed by atoms with Crippen molar-refractivity contribution < 1.29 is 19.1 Å². The Morgan fingerprint density at radius 3 is 1.12 bits per heavy atom. The predicted octanol–water partition coefficient (Wildman–Crippen LogP) is 5.11. The van der Waals surface area contributed by atoms with Crippen LogP contribution in [0.4, 0.5) is 0 Å². The largest absolute Gasteiger partial charge is 0.419 e. The predicted molar refractivity (Wildman–Crippen MR) is 92.9 cm³/mol. The van der Waals surface area contributed by atoms with Crippen LogP contribution in [0.1, 0.15) is 79.1 Å². The van der Waals surface area contributed by atoms with Crippen LogP contribution < -0.4 is 0 Å². The molecule has 0 spiro atoms. The molecule has 2 aliphatic heterocycles. The second-order valence-corrected chi connectivity index (χ2v) is 6.35. The highest BCUT2D eigenvalue weighted by molar-refractivity contribution is 5.97. The molecule has 0 aromatic rings. The van der Waals surface area contributed by atoms with Gasteiger partial charge in [-0.25, -0.2) is 9.59 Å². The fourth-order valence-electron chi connectivity index (χ4n) is 3.35. The molecule has 0 unspecified atom stereocenters. The summed E-state index contributed by atoms with van der Waals surface area (Å²) in [5.41, 5.74) is 3.35. The molecule has 2 heterocycles. The average Bonchev–Trinajstić information content (AvgIpc) is 3.01. The molecule has 24 heavy (non-hydrogen) atoms. The Balaban J connectivity index is 2.56. The van der Waals surface area contributed by atoms with Gasteiger partial charge >= 0.3 is 11.9 Å². The molecule has 0 N–H and O–H groups in total. The Morgan fingerprint density at radius 1 is 0.542 bits per heavy atom. The van der Waals surface area contributed by atoms with Crippen LogP contribution in [-0.4, -0.2) is 11.9 Å². The third-order valence-corrected chi connectivity index (χ3v) is 4.37. The van der Waals surface area contributed by atoms with Gasteiger partial charge in [-0.1, -0.05) is 53.4 Å². The molecule has 0 atom stereocenters. The maximum absolute atomic E-state index is 12.3. The maximum Gasteiger partial charge on any atom is 0.339 e. The van der Waals surface area contributed by atoms with Gasteiger partial charge in [0.1, 0.15) is 0 Å². The smallest absolute Gasteiger partial charge is 0.339 e. The summed E-state index contributed by atoms with van der Waals surface area (Å²) in [4.78, 5) is 24.6. The highest BCUT2D eigenvalue weighted by Crippen LogP contribution is 2.41. The van der Waals surface area contributed by atoms with E-state index in [1.165, 1.54) is 0 Å². The van der Waals surface area contributed by atoms with E-state index in [4.69, 9.17) is 9.47 Å². The van der Waals surface area contributed by atoms with Gasteiger partial charge in [0.05, 0.1) is 0 Å². The molecule has 0 fully saturated rings. The fourth-order valence-corrected chi connectivity index (χ4v) is 3.35. The zero-order chi connectivity index (χ0) is 17.7. The van der Waals surface area contributed by atoms with Crippen molar-refractivity contribution in [1.82, 2.24) is 0 Å². The second-order valence-electron chi connectivity index (χ2n) is 6.35. The molecule has 2 rings (SSSR count). The third-order valence-electron chi connectivity index (χ3n) is 4.37. The van der Waals surface area contributed by atoms with Crippen LogP contribution in [0.25, 0.3) is 0 Å². The second kappa shape index (κ2) is 8.32. The molecule has 132 valence electrons. The minimum absolute atomic E-state index is 0.279. The Kier molecular flexibility index (Phi) is 6.41. The number of carbonyl (C=O) groups is 2. The molecule has 0 amide bonds. The summed E-state index contributed by atoms with van der Waals surface area (Å²) in [6.07, 6.45) is 6.54. The molecular formula is C20H28O4. The molecule has 4 nitrogen and oxygen atoms in total. The number of hydrogen-bond donors (Lipinski definition) is 0. The number of allylic oxidation sites excluding steroid dienone is 2. The van der Waals surface area contributed by atoms with E-state index in [-0.39, 0.29) is 11.9 Å². The summed E-state index contributed by atoms with van der Waals surface area (Å²) in [5, 5.41) is 0. The van der Waals surface area contributed by atoms with Crippen LogP contribution in [0.5, 0.6) is 0 Å². The van der Waals surface area contributed by atoms with Gasteiger partial charge in [0.25, 0.3) is 0 Å². The van der Waals surface area contributed by atoms with Crippen molar-refractivity contribution in [2.45, 2.75) is 79.1 Å². The van der Waals surface area contributed by atoms with Gasteiger partial charge < -0.3 is 9.47 Å². The van der Waals surface area contributed by atoms with Gasteiger partial charge in [-0.3, -0.25) is 0 Å². The average molecular weight is 332 g/mol. The van der Waals surface area contributed by atoms with E-state index in [0.717, 1.165) is 60.8 Å². The summed E-state index contributed by atoms with van der Waals surface area (Å²) in [6.45, 7) is 8.25. The lowest BCUT2D eigenvalue weighted by molar-refractivity contribution is -0.136. The molecule has 0 aliphatic carbocycles. The number of ether oxygens (including phenoxy) is 2. The van der Waals surface area contributed by atoms with Gasteiger partial charge in [0.15, 0.2) is 11.5 Å². The van der Waals surface area contributed by atoms with Crippen LogP contribution in [-0.2, 0) is 19.1 Å². The number of carbonyl (C=O) groups excluding carboxylic acids is 2. The SMILES string of the molecule is CCCC1=C(CCC)/C(=C2\OC(=O)C(CCC)=C2CCC)OC1=O. The van der Waals surface area contributed by atoms with Crippen LogP contribution in [0.3, 0.4) is 0 Å². The van der Waals surface area contributed by atoms with E-state index in [1.807, 2.05) is 13.8 Å². The molecule has 0 radical (unpaired) electrons. The standard InChI is InChI=1S/C20H28O4/c1-5-9-13-15(11-7-3)19(21)23-17(13)18-14(10-6-2)16(12-8-4)20(22)24-18/h5-12H2,1-4H3/b18-17+. The molecule has 2 aliphatic rings. The number of cyclic esters (lactones) is 2. The first-order valence-electron chi connectivity index (χ1n) is 9.22. The van der Waals surface area contributed by atoms with E-state index in [9.17, 15) is 9.59 Å². The highest BCUT2D eigenvalue weighted by atomic mass is 16.6. The zero-order valence-corrected chi connectivity index (χ0v) is 15.3. The Bertz CT molecular complexity index is 566. The molecule has 0 aromatic carbocycles. The first-order chi connectivity index (χ1) is 11.6. The normalized spacial score (nSPS) is 21.0. The van der Waals surface area contributed by atoms with Gasteiger partial charge in [0.2, 0.25) is 0 Å². The van der Waals surface area contributed by atoms with E-state index in [0.29, 0.717) is 24.4 Å². The van der Waals surface area contributed by atoms with E-state index >= 15 is 0 Å². The van der Waals surface area contributed by atoms with Crippen molar-refractivity contribution in [3.63, 3.8) is 0 Å². The van der Waals surface area contributed by atoms with Crippen molar-refractivity contribution in [2.75, 3.05) is 0 Å². The first kappa shape index (κ1) is 18.5. The van der Waals surface area contributed by atoms with Crippen LogP contribution in [0.2, 0.25) is 0 Å². The number of esters is 2. The van der Waals surface area contributed by atoms with Gasteiger partial charge in [-0.15, -0.1) is 0 Å². The fraction of sp³-hybridized carbons (Fsp3) is 0.600. The van der Waals surface area contributed by atoms with Crippen molar-refractivity contribution in [1.29, 1.82) is 0 Å². The van der Waals surface area contributed by atoms with Crippen LogP contribution in [0.15, 0.2) is 33.8 Å². The lowest BCUT2D eigenvalue weighted by Gasteiger charge is -2.10. The summed E-state index contributed by atoms with van der Waals surface area (Å²) >= 11 is 0. The maximum atomic E-state index is 12.3. The topological polar surface area (TPSA) is 52.6 Å². The lowest BCUT2D eigenvalue weighted by atomic mass is 9.95. The quantitative estimate of drug-likeness (QED) is 0.580. The third kappa shape index (κ3) is 3.47. The van der Waals surface area contributed by atoms with Gasteiger partial charge in [-0.05, 0) is 25.7 Å². The molecule has 0 saturated heterocycles. The number of hydrogen-bond acceptors (Lipinski definition) is 4. The van der Waals surface area contributed by atoms with Crippen LogP contribution in [0, 0.1) is 0 Å². The van der Waals surface area contributed by atoms with E-state index in [1.54, 1.807) is 0 Å². The van der Waals surface area contributed by atoms with Crippen molar-refractivity contribution in [2.24, 2.45) is 0 Å². The summed E-state index contributed by atoms with van der Waals surface area (Å²) in [5.74, 6) is 0.429. The van der Waals surface area contributed by atoms with Gasteiger partial charge in [-0.2, -0.15) is 0 Å². The van der Waals surface area contributed by atoms with Crippen molar-refractivity contribution in [3.8, 4) is 0 Å². The van der Waals surface area contributed by atoms with Crippen molar-refractivity contribution >= 4 is 11.9 Å². The Hall–Kier alpha value is -1.84. The lowest BCUT2D eigenvalue weighted by Crippen LogP contribution is -2.02. The summed E-state index contributed by atoms with van der Waals surface area (Å²) in [6, 6.07) is 0. The van der Waals surface area contributed by atoms with Crippen LogP contribution >= 0.6 is 0 Å². The molecule has 0 saturated carbocycles. The van der Waals surface area contributed by atoms with Crippen molar-refractivity contribution in [3.05, 3.63) is 33.8 Å². The number of rotatable bonds is 8. The van der Waals surface area contributed by atoms with E-state index in [2.05, 4.69) is 13.8 Å². The summed E-state index contributed by atoms with van der Waals surface area (Å²) < 4.78 is 11.2. The Morgan fingerprint density at radius 2 is 0.833 bits per heavy atom. The molecule has 0 aromatic heterocycles. The summed E-state index contributed by atoms with van der Waals surface area (Å²) in [7, 11) is 0. The highest BCUT2D eigenvalue weighted by Gasteiger charge is 2.38. The molecule has 0 bridgehead atoms. The molecular weight excluding hydrogens is 304 g/mol. The van der Waals surface area contributed by atoms with E-state index < -0.39 is 0 Å².